The molecule has 0 bridgehead atoms. The fraction of sp³-hybridized carbons (Fsp3) is 0. The monoisotopic (exact) mass is 294 g/mol. The zero-order valence-electron chi connectivity index (χ0n) is 11.3. The van der Waals surface area contributed by atoms with Gasteiger partial charge in [0.05, 0.1) is 0 Å². The highest BCUT2D eigenvalue weighted by atomic mass is 16.5. The number of esters is 1. The topological polar surface area (TPSA) is 89.4 Å². The summed E-state index contributed by atoms with van der Waals surface area (Å²) in [6, 6.07) is 11.3. The average Bonchev–Trinajstić information content (AvgIpc) is 2.55. The summed E-state index contributed by atoms with van der Waals surface area (Å²) in [6.45, 7) is 0. The summed E-state index contributed by atoms with van der Waals surface area (Å²) in [5.41, 5.74) is 0.174. The van der Waals surface area contributed by atoms with Gasteiger partial charge in [-0.15, -0.1) is 0 Å². The molecule has 0 aliphatic rings. The van der Waals surface area contributed by atoms with E-state index in [0.717, 1.165) is 0 Å². The first-order valence-corrected chi connectivity index (χ1v) is 6.40. The molecule has 0 atom stereocenters. The molecule has 22 heavy (non-hydrogen) atoms. The Balaban J connectivity index is 1.88. The molecule has 0 unspecified atom stereocenters. The molecule has 108 valence electrons. The molecule has 0 radical (unpaired) electrons. The standard InChI is InChI=1S/C16H10N2O4/c19-15(20)14-8-10-4-5-12(7-11(10)9-18-14)22-16(21)13-3-1-2-6-17-13/h1-9H,(H,19,20). The number of hydrogen-bond donors (Lipinski definition) is 1. The van der Waals surface area contributed by atoms with Crippen LogP contribution in [0.2, 0.25) is 0 Å². The number of aromatic carboxylic acids is 1. The first kappa shape index (κ1) is 13.7. The fourth-order valence-corrected chi connectivity index (χ4v) is 1.94. The molecule has 6 nitrogen and oxygen atoms in total. The summed E-state index contributed by atoms with van der Waals surface area (Å²) >= 11 is 0. The normalized spacial score (nSPS) is 10.4. The molecule has 3 rings (SSSR count). The van der Waals surface area contributed by atoms with Crippen molar-refractivity contribution in [3.63, 3.8) is 0 Å². The average molecular weight is 294 g/mol. The van der Waals surface area contributed by atoms with Crippen molar-refractivity contribution in [1.29, 1.82) is 0 Å². The van der Waals surface area contributed by atoms with Gasteiger partial charge in [0.1, 0.15) is 17.1 Å². The van der Waals surface area contributed by atoms with Crippen molar-refractivity contribution in [1.82, 2.24) is 9.97 Å². The van der Waals surface area contributed by atoms with Gasteiger partial charge in [0.2, 0.25) is 0 Å². The van der Waals surface area contributed by atoms with Gasteiger partial charge < -0.3 is 9.84 Å². The predicted octanol–water partition coefficient (Wildman–Crippen LogP) is 2.55. The number of carbonyl (C=O) groups is 2. The Labute approximate surface area is 125 Å². The third kappa shape index (κ3) is 2.76. The Bertz CT molecular complexity index is 862. The van der Waals surface area contributed by atoms with Crippen molar-refractivity contribution in [3.05, 3.63) is 66.2 Å². The van der Waals surface area contributed by atoms with Crippen LogP contribution in [0.4, 0.5) is 0 Å². The van der Waals surface area contributed by atoms with Gasteiger partial charge in [-0.1, -0.05) is 12.1 Å². The molecule has 3 aromatic rings. The smallest absolute Gasteiger partial charge is 0.362 e. The predicted molar refractivity (Wildman–Crippen MR) is 77.9 cm³/mol. The number of aromatic nitrogens is 2. The van der Waals surface area contributed by atoms with Crippen molar-refractivity contribution >= 4 is 22.7 Å². The van der Waals surface area contributed by atoms with Gasteiger partial charge in [0, 0.05) is 17.8 Å². The van der Waals surface area contributed by atoms with Crippen molar-refractivity contribution < 1.29 is 19.4 Å². The molecule has 0 saturated heterocycles. The molecule has 0 fully saturated rings. The SMILES string of the molecule is O=C(O)c1cc2ccc(OC(=O)c3ccccn3)cc2cn1. The molecular formula is C16H10N2O4. The molecule has 0 aliphatic carbocycles. The lowest BCUT2D eigenvalue weighted by molar-refractivity contribution is 0.0688. The van der Waals surface area contributed by atoms with E-state index in [-0.39, 0.29) is 11.4 Å². The van der Waals surface area contributed by atoms with Gasteiger partial charge in [0.25, 0.3) is 0 Å². The van der Waals surface area contributed by atoms with Crippen LogP contribution in [0.5, 0.6) is 5.75 Å². The van der Waals surface area contributed by atoms with Gasteiger partial charge in [-0.05, 0) is 35.7 Å². The van der Waals surface area contributed by atoms with Crippen molar-refractivity contribution in [2.75, 3.05) is 0 Å². The van der Waals surface area contributed by atoms with Crippen LogP contribution >= 0.6 is 0 Å². The number of nitrogens with zero attached hydrogens (tertiary/aromatic N) is 2. The second-order valence-corrected chi connectivity index (χ2v) is 4.49. The van der Waals surface area contributed by atoms with Gasteiger partial charge in [-0.25, -0.2) is 19.6 Å². The molecule has 2 aromatic heterocycles. The van der Waals surface area contributed by atoms with Gasteiger partial charge >= 0.3 is 11.9 Å². The minimum Gasteiger partial charge on any atom is -0.477 e. The van der Waals surface area contributed by atoms with E-state index in [0.29, 0.717) is 16.5 Å². The van der Waals surface area contributed by atoms with Gasteiger partial charge in [0.15, 0.2) is 0 Å². The van der Waals surface area contributed by atoms with Crippen LogP contribution in [0, 0.1) is 0 Å². The number of fused-ring (bicyclic) bond motifs is 1. The van der Waals surface area contributed by atoms with E-state index < -0.39 is 11.9 Å². The van der Waals surface area contributed by atoms with Crippen molar-refractivity contribution in [2.45, 2.75) is 0 Å². The first-order valence-electron chi connectivity index (χ1n) is 6.40. The fourth-order valence-electron chi connectivity index (χ4n) is 1.94. The van der Waals surface area contributed by atoms with Crippen LogP contribution in [0.25, 0.3) is 10.8 Å². The number of ether oxygens (including phenoxy) is 1. The second-order valence-electron chi connectivity index (χ2n) is 4.49. The summed E-state index contributed by atoms with van der Waals surface area (Å²) in [6.07, 6.45) is 2.94. The van der Waals surface area contributed by atoms with E-state index in [2.05, 4.69) is 9.97 Å². The number of benzene rings is 1. The van der Waals surface area contributed by atoms with Crippen molar-refractivity contribution in [3.8, 4) is 5.75 Å². The third-order valence-corrected chi connectivity index (χ3v) is 3.00. The lowest BCUT2D eigenvalue weighted by atomic mass is 10.1. The van der Waals surface area contributed by atoms with Gasteiger partial charge in [-0.2, -0.15) is 0 Å². The van der Waals surface area contributed by atoms with E-state index in [1.54, 1.807) is 36.4 Å². The molecule has 0 aliphatic heterocycles. The zero-order chi connectivity index (χ0) is 15.5. The number of hydrogen-bond acceptors (Lipinski definition) is 5. The van der Waals surface area contributed by atoms with E-state index in [1.807, 2.05) is 0 Å². The highest BCUT2D eigenvalue weighted by Crippen LogP contribution is 2.21. The maximum absolute atomic E-state index is 11.9. The number of rotatable bonds is 3. The van der Waals surface area contributed by atoms with Crippen molar-refractivity contribution in [2.24, 2.45) is 0 Å². The molecular weight excluding hydrogens is 284 g/mol. The van der Waals surface area contributed by atoms with Crippen LogP contribution in [0.15, 0.2) is 54.9 Å². The molecule has 1 aromatic carbocycles. The van der Waals surface area contributed by atoms with E-state index in [4.69, 9.17) is 9.84 Å². The Hall–Kier alpha value is -3.28. The van der Waals surface area contributed by atoms with E-state index in [9.17, 15) is 9.59 Å². The molecule has 0 spiro atoms. The molecule has 1 N–H and O–H groups in total. The first-order chi connectivity index (χ1) is 10.6. The summed E-state index contributed by atoms with van der Waals surface area (Å²) in [5, 5.41) is 10.3. The number of pyridine rings is 2. The third-order valence-electron chi connectivity index (χ3n) is 3.00. The number of carboxylic acids is 1. The second kappa shape index (κ2) is 5.61. The highest BCUT2D eigenvalue weighted by Gasteiger charge is 2.10. The summed E-state index contributed by atoms with van der Waals surface area (Å²) in [7, 11) is 0. The lowest BCUT2D eigenvalue weighted by Gasteiger charge is -2.05. The Kier molecular flexibility index (Phi) is 3.49. The van der Waals surface area contributed by atoms with Gasteiger partial charge in [-0.3, -0.25) is 0 Å². The maximum Gasteiger partial charge on any atom is 0.362 e. The Morgan fingerprint density at radius 2 is 1.82 bits per heavy atom. The van der Waals surface area contributed by atoms with E-state index in [1.165, 1.54) is 18.5 Å². The summed E-state index contributed by atoms with van der Waals surface area (Å²) in [5.74, 6) is -1.31. The van der Waals surface area contributed by atoms with Crippen LogP contribution in [0.1, 0.15) is 21.0 Å². The summed E-state index contributed by atoms with van der Waals surface area (Å²) < 4.78 is 5.24. The minimum atomic E-state index is -1.09. The van der Waals surface area contributed by atoms with E-state index >= 15 is 0 Å². The Morgan fingerprint density at radius 3 is 2.55 bits per heavy atom. The summed E-state index contributed by atoms with van der Waals surface area (Å²) in [4.78, 5) is 30.5. The minimum absolute atomic E-state index is 0.0364. The van der Waals surface area contributed by atoms with Crippen LogP contribution in [-0.2, 0) is 0 Å². The highest BCUT2D eigenvalue weighted by molar-refractivity contribution is 5.93. The Morgan fingerprint density at radius 1 is 0.955 bits per heavy atom. The zero-order valence-corrected chi connectivity index (χ0v) is 11.3. The largest absolute Gasteiger partial charge is 0.477 e. The maximum atomic E-state index is 11.9. The molecule has 0 saturated carbocycles. The number of carbonyl (C=O) groups excluding carboxylic acids is 1. The number of carboxylic acid groups (broad SMARTS) is 1. The molecule has 2 heterocycles. The van der Waals surface area contributed by atoms with Crippen LogP contribution in [0.3, 0.4) is 0 Å². The lowest BCUT2D eigenvalue weighted by Crippen LogP contribution is -2.10. The van der Waals surface area contributed by atoms with Crippen LogP contribution < -0.4 is 4.74 Å². The quantitative estimate of drug-likeness (QED) is 0.590. The molecule has 6 heteroatoms. The molecule has 0 amide bonds. The van der Waals surface area contributed by atoms with Crippen LogP contribution in [-0.4, -0.2) is 27.0 Å².